The van der Waals surface area contributed by atoms with Gasteiger partial charge in [-0.15, -0.1) is 0 Å². The number of nitrogens with zero attached hydrogens (tertiary/aromatic N) is 2. The van der Waals surface area contributed by atoms with Crippen molar-refractivity contribution in [3.8, 4) is 0 Å². The molecule has 25 heavy (non-hydrogen) atoms. The second-order valence-corrected chi connectivity index (χ2v) is 6.47. The number of hydrogen-bond acceptors (Lipinski definition) is 7. The molecule has 136 valence electrons. The molecule has 1 aromatic rings. The van der Waals surface area contributed by atoms with Crippen LogP contribution in [0.5, 0.6) is 0 Å². The summed E-state index contributed by atoms with van der Waals surface area (Å²) in [5, 5.41) is 2.14. The zero-order chi connectivity index (χ0) is 18.2. The molecule has 2 atom stereocenters. The quantitative estimate of drug-likeness (QED) is 0.296. The molecule has 4 N–H and O–H groups in total. The van der Waals surface area contributed by atoms with Crippen LogP contribution in [0.3, 0.4) is 0 Å². The van der Waals surface area contributed by atoms with Gasteiger partial charge < -0.3 is 24.4 Å². The van der Waals surface area contributed by atoms with E-state index in [0.717, 1.165) is 18.5 Å². The molecule has 2 unspecified atom stereocenters. The Bertz CT molecular complexity index is 632. The summed E-state index contributed by atoms with van der Waals surface area (Å²) in [6.07, 6.45) is 8.04. The van der Waals surface area contributed by atoms with Gasteiger partial charge in [0, 0.05) is 37.1 Å². The summed E-state index contributed by atoms with van der Waals surface area (Å²) in [5.41, 5.74) is 1.13. The second-order valence-electron chi connectivity index (χ2n) is 5.53. The number of imidazole rings is 1. The maximum absolute atomic E-state index is 12.1. The average molecular weight is 368 g/mol. The van der Waals surface area contributed by atoms with Crippen LogP contribution in [0.1, 0.15) is 18.5 Å². The van der Waals surface area contributed by atoms with Gasteiger partial charge in [-0.2, -0.15) is 0 Å². The normalized spacial score (nSPS) is 21.0. The molecule has 0 aromatic carbocycles. The summed E-state index contributed by atoms with van der Waals surface area (Å²) in [5.74, 6) is 0.830. The molecule has 1 aromatic heterocycles. The number of rotatable bonds is 8. The highest BCUT2D eigenvalue weighted by atomic mass is 31.2. The number of amides is 2. The Kier molecular flexibility index (Phi) is 7.27. The maximum atomic E-state index is 12.1. The predicted octanol–water partition coefficient (Wildman–Crippen LogP) is 0.356. The van der Waals surface area contributed by atoms with Crippen LogP contribution < -0.4 is 5.32 Å². The lowest BCUT2D eigenvalue weighted by Crippen LogP contribution is -2.30. The largest absolute Gasteiger partial charge is 0.355 e. The van der Waals surface area contributed by atoms with Gasteiger partial charge in [-0.05, 0) is 18.7 Å². The van der Waals surface area contributed by atoms with Crippen LogP contribution in [0.2, 0.25) is 0 Å². The van der Waals surface area contributed by atoms with Crippen molar-refractivity contribution in [1.29, 1.82) is 0 Å². The molecule has 0 saturated carbocycles. The van der Waals surface area contributed by atoms with Gasteiger partial charge in [0.05, 0.1) is 12.4 Å². The lowest BCUT2D eigenvalue weighted by molar-refractivity contribution is -0.122. The molecule has 0 aliphatic carbocycles. The van der Waals surface area contributed by atoms with Gasteiger partial charge in [0.2, 0.25) is 6.41 Å². The number of aromatic amines is 1. The Balaban J connectivity index is 2.04. The van der Waals surface area contributed by atoms with Crippen LogP contribution in [0.4, 0.5) is 0 Å². The van der Waals surface area contributed by atoms with Gasteiger partial charge >= 0.3 is 0 Å². The fourth-order valence-electron chi connectivity index (χ4n) is 2.51. The van der Waals surface area contributed by atoms with E-state index in [-0.39, 0.29) is 12.3 Å². The number of H-pyrrole nitrogens is 1. The molecule has 0 radical (unpaired) electrons. The first-order valence-electron chi connectivity index (χ1n) is 7.64. The topological polar surface area (TPSA) is 128 Å². The van der Waals surface area contributed by atoms with E-state index in [4.69, 9.17) is 14.5 Å². The lowest BCUT2D eigenvalue weighted by Gasteiger charge is -2.23. The number of aromatic nitrogens is 2. The first kappa shape index (κ1) is 19.3. The highest BCUT2D eigenvalue weighted by Gasteiger charge is 2.26. The SMILES string of the molecule is CN(/C=C(/Cc1cnc[nH]1)C(=O)NC=O)C1CCC(/C=C/P(O)O)O1. The summed E-state index contributed by atoms with van der Waals surface area (Å²) in [7, 11) is -0.298. The van der Waals surface area contributed by atoms with Crippen LogP contribution in [-0.4, -0.2) is 56.4 Å². The van der Waals surface area contributed by atoms with Crippen molar-refractivity contribution in [3.05, 3.63) is 41.9 Å². The number of hydrogen-bond donors (Lipinski definition) is 4. The summed E-state index contributed by atoms with van der Waals surface area (Å²) in [6, 6.07) is 0. The van der Waals surface area contributed by atoms with Gasteiger partial charge in [-0.3, -0.25) is 14.9 Å². The molecular formula is C15H21N4O5P. The van der Waals surface area contributed by atoms with Crippen LogP contribution in [0, 0.1) is 0 Å². The van der Waals surface area contributed by atoms with Crippen molar-refractivity contribution >= 4 is 20.7 Å². The third-order valence-corrected chi connectivity index (χ3v) is 4.13. The van der Waals surface area contributed by atoms with E-state index in [1.807, 2.05) is 0 Å². The van der Waals surface area contributed by atoms with Crippen molar-refractivity contribution in [2.24, 2.45) is 0 Å². The zero-order valence-electron chi connectivity index (χ0n) is 13.7. The molecule has 2 rings (SSSR count). The molecule has 9 nitrogen and oxygen atoms in total. The second kappa shape index (κ2) is 9.43. The van der Waals surface area contributed by atoms with Gasteiger partial charge in [0.15, 0.2) is 8.38 Å². The Morgan fingerprint density at radius 1 is 1.56 bits per heavy atom. The standard InChI is InChI=1S/C15H21N4O5P/c1-19(14-3-2-13(24-14)4-5-25(22)23)8-11(15(21)18-10-20)6-12-7-16-9-17-12/h4-5,7-10,13-14,22-23H,2-3,6H2,1H3,(H,16,17)(H,18,20,21)/b5-4+,11-8-. The van der Waals surface area contributed by atoms with E-state index in [9.17, 15) is 9.59 Å². The molecule has 0 bridgehead atoms. The molecule has 2 amide bonds. The summed E-state index contributed by atoms with van der Waals surface area (Å²) in [6.45, 7) is 0. The van der Waals surface area contributed by atoms with E-state index in [1.54, 1.807) is 30.4 Å². The highest BCUT2D eigenvalue weighted by Crippen LogP contribution is 2.29. The first-order chi connectivity index (χ1) is 12.0. The van der Waals surface area contributed by atoms with Gasteiger partial charge in [-0.25, -0.2) is 4.98 Å². The molecule has 10 heteroatoms. The van der Waals surface area contributed by atoms with E-state index in [2.05, 4.69) is 15.3 Å². The monoisotopic (exact) mass is 368 g/mol. The molecule has 0 spiro atoms. The zero-order valence-corrected chi connectivity index (χ0v) is 14.6. The summed E-state index contributed by atoms with van der Waals surface area (Å²) >= 11 is 0. The molecule has 2 heterocycles. The third-order valence-electron chi connectivity index (χ3n) is 3.70. The number of carbonyl (C=O) groups is 2. The van der Waals surface area contributed by atoms with E-state index in [1.165, 1.54) is 12.1 Å². The fourth-order valence-corrected chi connectivity index (χ4v) is 2.85. The van der Waals surface area contributed by atoms with Crippen molar-refractivity contribution in [2.75, 3.05) is 7.05 Å². The van der Waals surface area contributed by atoms with Gasteiger partial charge in [0.1, 0.15) is 6.23 Å². The van der Waals surface area contributed by atoms with E-state index < -0.39 is 14.3 Å². The minimum atomic E-state index is -2.08. The molecule has 1 aliphatic rings. The predicted molar refractivity (Wildman–Crippen MR) is 90.7 cm³/mol. The van der Waals surface area contributed by atoms with E-state index >= 15 is 0 Å². The van der Waals surface area contributed by atoms with Crippen molar-refractivity contribution in [2.45, 2.75) is 31.6 Å². The molecular weight excluding hydrogens is 347 g/mol. The van der Waals surface area contributed by atoms with Crippen molar-refractivity contribution < 1.29 is 24.1 Å². The lowest BCUT2D eigenvalue weighted by atomic mass is 10.1. The van der Waals surface area contributed by atoms with Crippen LogP contribution in [0.25, 0.3) is 0 Å². The minimum Gasteiger partial charge on any atom is -0.355 e. The van der Waals surface area contributed by atoms with Gasteiger partial charge in [0.25, 0.3) is 5.91 Å². The number of ether oxygens (including phenoxy) is 1. The average Bonchev–Trinajstić information content (AvgIpc) is 3.24. The summed E-state index contributed by atoms with van der Waals surface area (Å²) in [4.78, 5) is 49.1. The fraction of sp³-hybridized carbons (Fsp3) is 0.400. The Labute approximate surface area is 146 Å². The highest BCUT2D eigenvalue weighted by molar-refractivity contribution is 7.48. The molecule has 1 fully saturated rings. The van der Waals surface area contributed by atoms with Crippen LogP contribution in [-0.2, 0) is 20.7 Å². The van der Waals surface area contributed by atoms with Gasteiger partial charge in [-0.1, -0.05) is 6.08 Å². The number of nitrogens with one attached hydrogen (secondary N) is 2. The van der Waals surface area contributed by atoms with Crippen molar-refractivity contribution in [1.82, 2.24) is 20.2 Å². The molecule has 1 aliphatic heterocycles. The van der Waals surface area contributed by atoms with Crippen LogP contribution in [0.15, 0.2) is 36.2 Å². The third kappa shape index (κ3) is 6.06. The molecule has 1 saturated heterocycles. The number of carbonyl (C=O) groups excluding carboxylic acids is 2. The number of imide groups is 1. The first-order valence-corrected chi connectivity index (χ1v) is 8.96. The summed E-state index contributed by atoms with van der Waals surface area (Å²) < 4.78 is 5.81. The maximum Gasteiger partial charge on any atom is 0.255 e. The van der Waals surface area contributed by atoms with Crippen molar-refractivity contribution in [3.63, 3.8) is 0 Å². The van der Waals surface area contributed by atoms with E-state index in [0.29, 0.717) is 18.4 Å². The Morgan fingerprint density at radius 3 is 3.00 bits per heavy atom. The van der Waals surface area contributed by atoms with Crippen LogP contribution >= 0.6 is 8.38 Å². The smallest absolute Gasteiger partial charge is 0.255 e. The Morgan fingerprint density at radius 2 is 2.36 bits per heavy atom. The Hall–Kier alpha value is -2.06. The minimum absolute atomic E-state index is 0.204.